The van der Waals surface area contributed by atoms with Crippen LogP contribution in [0.25, 0.3) is 0 Å². The SMILES string of the molecule is CC(C)(C)OC(=O)Nc1cccc(N(CC(=O)O)C(=O)c2ccccc2)c1. The monoisotopic (exact) mass is 370 g/mol. The molecule has 2 amide bonds. The third-order valence-corrected chi connectivity index (χ3v) is 3.36. The van der Waals surface area contributed by atoms with E-state index in [1.54, 1.807) is 69.3 Å². The maximum absolute atomic E-state index is 12.8. The number of rotatable bonds is 5. The highest BCUT2D eigenvalue weighted by Crippen LogP contribution is 2.22. The molecule has 7 heteroatoms. The Balaban J connectivity index is 2.27. The van der Waals surface area contributed by atoms with Gasteiger partial charge in [-0.1, -0.05) is 24.3 Å². The zero-order chi connectivity index (χ0) is 20.0. The second kappa shape index (κ2) is 8.35. The molecule has 0 radical (unpaired) electrons. The Hall–Kier alpha value is -3.35. The first-order chi connectivity index (χ1) is 12.7. The van der Waals surface area contributed by atoms with E-state index >= 15 is 0 Å². The molecule has 0 saturated heterocycles. The van der Waals surface area contributed by atoms with Crippen molar-refractivity contribution in [1.29, 1.82) is 0 Å². The van der Waals surface area contributed by atoms with Gasteiger partial charge in [0.05, 0.1) is 0 Å². The van der Waals surface area contributed by atoms with Crippen molar-refractivity contribution in [3.8, 4) is 0 Å². The van der Waals surface area contributed by atoms with E-state index in [1.807, 2.05) is 0 Å². The summed E-state index contributed by atoms with van der Waals surface area (Å²) in [6, 6.07) is 14.8. The fraction of sp³-hybridized carbons (Fsp3) is 0.250. The molecule has 2 rings (SSSR count). The number of ether oxygens (including phenoxy) is 1. The molecule has 0 saturated carbocycles. The van der Waals surface area contributed by atoms with Crippen molar-refractivity contribution in [3.05, 3.63) is 60.2 Å². The van der Waals surface area contributed by atoms with Gasteiger partial charge < -0.3 is 9.84 Å². The van der Waals surface area contributed by atoms with Crippen molar-refractivity contribution in [3.63, 3.8) is 0 Å². The lowest BCUT2D eigenvalue weighted by molar-refractivity contribution is -0.135. The third kappa shape index (κ3) is 6.14. The van der Waals surface area contributed by atoms with Crippen LogP contribution in [-0.2, 0) is 9.53 Å². The van der Waals surface area contributed by atoms with E-state index in [0.29, 0.717) is 16.9 Å². The highest BCUT2D eigenvalue weighted by atomic mass is 16.6. The fourth-order valence-corrected chi connectivity index (χ4v) is 2.33. The molecule has 0 atom stereocenters. The van der Waals surface area contributed by atoms with Gasteiger partial charge in [-0.15, -0.1) is 0 Å². The molecule has 142 valence electrons. The maximum Gasteiger partial charge on any atom is 0.412 e. The minimum Gasteiger partial charge on any atom is -0.480 e. The van der Waals surface area contributed by atoms with Crippen LogP contribution in [0.4, 0.5) is 16.2 Å². The van der Waals surface area contributed by atoms with Crippen LogP contribution < -0.4 is 10.2 Å². The minimum atomic E-state index is -1.15. The summed E-state index contributed by atoms with van der Waals surface area (Å²) in [5.41, 5.74) is 0.447. The first-order valence-corrected chi connectivity index (χ1v) is 8.34. The summed E-state index contributed by atoms with van der Waals surface area (Å²) < 4.78 is 5.20. The van der Waals surface area contributed by atoms with Gasteiger partial charge in [-0.05, 0) is 51.1 Å². The number of carboxylic acid groups (broad SMARTS) is 1. The van der Waals surface area contributed by atoms with Crippen LogP contribution in [0.15, 0.2) is 54.6 Å². The normalized spacial score (nSPS) is 10.8. The second-order valence-electron chi connectivity index (χ2n) is 6.83. The number of carboxylic acids is 1. The molecule has 0 aromatic heterocycles. The molecule has 0 unspecified atom stereocenters. The Morgan fingerprint density at radius 2 is 1.70 bits per heavy atom. The first-order valence-electron chi connectivity index (χ1n) is 8.34. The van der Waals surface area contributed by atoms with Crippen LogP contribution >= 0.6 is 0 Å². The van der Waals surface area contributed by atoms with E-state index < -0.39 is 30.1 Å². The van der Waals surface area contributed by atoms with E-state index in [4.69, 9.17) is 4.74 Å². The number of amides is 2. The topological polar surface area (TPSA) is 95.9 Å². The van der Waals surface area contributed by atoms with Gasteiger partial charge in [-0.2, -0.15) is 0 Å². The van der Waals surface area contributed by atoms with Gasteiger partial charge in [0.2, 0.25) is 0 Å². The molecule has 0 bridgehead atoms. The Morgan fingerprint density at radius 1 is 1.04 bits per heavy atom. The molecule has 0 spiro atoms. The van der Waals surface area contributed by atoms with Gasteiger partial charge in [-0.25, -0.2) is 4.79 Å². The van der Waals surface area contributed by atoms with E-state index in [9.17, 15) is 19.5 Å². The molecule has 0 aliphatic carbocycles. The van der Waals surface area contributed by atoms with Gasteiger partial charge in [-0.3, -0.25) is 19.8 Å². The van der Waals surface area contributed by atoms with Crippen molar-refractivity contribution in [2.24, 2.45) is 0 Å². The Bertz CT molecular complexity index is 828. The summed E-state index contributed by atoms with van der Waals surface area (Å²) in [6.07, 6.45) is -0.640. The van der Waals surface area contributed by atoms with Crippen molar-refractivity contribution in [2.75, 3.05) is 16.8 Å². The van der Waals surface area contributed by atoms with Gasteiger partial charge in [0.1, 0.15) is 12.1 Å². The molecule has 2 aromatic rings. The first kappa shape index (κ1) is 20.0. The second-order valence-corrected chi connectivity index (χ2v) is 6.83. The number of hydrogen-bond donors (Lipinski definition) is 2. The number of benzene rings is 2. The number of aliphatic carboxylic acids is 1. The van der Waals surface area contributed by atoms with Gasteiger partial charge in [0.25, 0.3) is 5.91 Å². The van der Waals surface area contributed by atoms with Crippen molar-refractivity contribution >= 4 is 29.3 Å². The molecule has 27 heavy (non-hydrogen) atoms. The Morgan fingerprint density at radius 3 is 2.30 bits per heavy atom. The summed E-state index contributed by atoms with van der Waals surface area (Å²) in [5.74, 6) is -1.60. The summed E-state index contributed by atoms with van der Waals surface area (Å²) >= 11 is 0. The lowest BCUT2D eigenvalue weighted by atomic mass is 10.1. The summed E-state index contributed by atoms with van der Waals surface area (Å²) in [7, 11) is 0. The molecule has 0 heterocycles. The summed E-state index contributed by atoms with van der Waals surface area (Å²) in [4.78, 5) is 37.1. The van der Waals surface area contributed by atoms with Crippen LogP contribution in [-0.4, -0.2) is 35.2 Å². The number of nitrogens with one attached hydrogen (secondary N) is 1. The molecule has 7 nitrogen and oxygen atoms in total. The van der Waals surface area contributed by atoms with Crippen LogP contribution in [0.2, 0.25) is 0 Å². The van der Waals surface area contributed by atoms with Gasteiger partial charge in [0, 0.05) is 16.9 Å². The highest BCUT2D eigenvalue weighted by molar-refractivity contribution is 6.08. The number of anilines is 2. The van der Waals surface area contributed by atoms with E-state index in [-0.39, 0.29) is 0 Å². The van der Waals surface area contributed by atoms with E-state index in [2.05, 4.69) is 5.32 Å². The van der Waals surface area contributed by atoms with Crippen molar-refractivity contribution in [1.82, 2.24) is 0 Å². The van der Waals surface area contributed by atoms with Gasteiger partial charge in [0.15, 0.2) is 0 Å². The van der Waals surface area contributed by atoms with Crippen molar-refractivity contribution < 1.29 is 24.2 Å². The van der Waals surface area contributed by atoms with Crippen LogP contribution in [0.5, 0.6) is 0 Å². The average Bonchev–Trinajstić information content (AvgIpc) is 2.58. The summed E-state index contributed by atoms with van der Waals surface area (Å²) in [6.45, 7) is 4.73. The lowest BCUT2D eigenvalue weighted by Gasteiger charge is -2.22. The Kier molecular flexibility index (Phi) is 6.18. The average molecular weight is 370 g/mol. The van der Waals surface area contributed by atoms with Crippen molar-refractivity contribution in [2.45, 2.75) is 26.4 Å². The molecule has 0 fully saturated rings. The fourth-order valence-electron chi connectivity index (χ4n) is 2.33. The highest BCUT2D eigenvalue weighted by Gasteiger charge is 2.21. The standard InChI is InChI=1S/C20H22N2O5/c1-20(2,3)27-19(26)21-15-10-7-11-16(12-15)22(13-17(23)24)18(25)14-8-5-4-6-9-14/h4-12H,13H2,1-3H3,(H,21,26)(H,23,24). The molecule has 0 aliphatic rings. The third-order valence-electron chi connectivity index (χ3n) is 3.36. The molecular weight excluding hydrogens is 348 g/mol. The van der Waals surface area contributed by atoms with Crippen LogP contribution in [0.1, 0.15) is 31.1 Å². The predicted molar refractivity (Wildman–Crippen MR) is 102 cm³/mol. The van der Waals surface area contributed by atoms with Gasteiger partial charge >= 0.3 is 12.1 Å². The number of carbonyl (C=O) groups excluding carboxylic acids is 2. The molecule has 2 N–H and O–H groups in total. The van der Waals surface area contributed by atoms with E-state index in [1.165, 1.54) is 6.07 Å². The number of carbonyl (C=O) groups is 3. The van der Waals surface area contributed by atoms with Crippen LogP contribution in [0.3, 0.4) is 0 Å². The molecular formula is C20H22N2O5. The number of hydrogen-bond acceptors (Lipinski definition) is 4. The zero-order valence-corrected chi connectivity index (χ0v) is 15.4. The zero-order valence-electron chi connectivity index (χ0n) is 15.4. The minimum absolute atomic E-state index is 0.347. The predicted octanol–water partition coefficient (Wildman–Crippen LogP) is 3.77. The maximum atomic E-state index is 12.8. The molecule has 2 aromatic carbocycles. The number of nitrogens with zero attached hydrogens (tertiary/aromatic N) is 1. The van der Waals surface area contributed by atoms with Crippen LogP contribution in [0, 0.1) is 0 Å². The Labute approximate surface area is 157 Å². The molecule has 0 aliphatic heterocycles. The van der Waals surface area contributed by atoms with E-state index in [0.717, 1.165) is 4.90 Å². The largest absolute Gasteiger partial charge is 0.480 e. The lowest BCUT2D eigenvalue weighted by Crippen LogP contribution is -2.35. The summed E-state index contributed by atoms with van der Waals surface area (Å²) in [5, 5.41) is 11.8. The quantitative estimate of drug-likeness (QED) is 0.835. The smallest absolute Gasteiger partial charge is 0.412 e.